The molecule has 0 aromatic rings. The van der Waals surface area contributed by atoms with Crippen LogP contribution in [0.15, 0.2) is 0 Å². The average Bonchev–Trinajstić information content (AvgIpc) is 2.30. The molecule has 0 saturated carbocycles. The van der Waals surface area contributed by atoms with Crippen molar-refractivity contribution >= 4 is 7.82 Å². The Kier molecular flexibility index (Phi) is 10.7. The molecular weight excluding hydrogens is 233 g/mol. The molecule has 1 fully saturated rings. The van der Waals surface area contributed by atoms with Gasteiger partial charge >= 0.3 is 59.1 Å². The summed E-state index contributed by atoms with van der Waals surface area (Å²) in [5.41, 5.74) is 0. The van der Waals surface area contributed by atoms with Gasteiger partial charge in [-0.3, -0.25) is 0 Å². The first-order valence-electron chi connectivity index (χ1n) is 3.47. The molecule has 14 heavy (non-hydrogen) atoms. The third-order valence-electron chi connectivity index (χ3n) is 1.50. The van der Waals surface area contributed by atoms with Crippen LogP contribution in [0.5, 0.6) is 0 Å². The van der Waals surface area contributed by atoms with Gasteiger partial charge in [-0.15, -0.1) is 0 Å². The van der Waals surface area contributed by atoms with Gasteiger partial charge in [-0.2, -0.15) is 0 Å². The number of phosphoric acid groups is 1. The molecule has 1 saturated heterocycles. The van der Waals surface area contributed by atoms with E-state index in [1.54, 1.807) is 0 Å². The van der Waals surface area contributed by atoms with Gasteiger partial charge in [-0.1, -0.05) is 0 Å². The van der Waals surface area contributed by atoms with E-state index in [1.165, 1.54) is 0 Å². The second-order valence-electron chi connectivity index (χ2n) is 2.53. The van der Waals surface area contributed by atoms with Crippen molar-refractivity contribution in [2.24, 2.45) is 0 Å². The zero-order chi connectivity index (χ0) is 9.19. The first-order valence-corrected chi connectivity index (χ1v) is 4.93. The summed E-state index contributed by atoms with van der Waals surface area (Å²) in [6.45, 7) is -0.304. The zero-order valence-corrected chi connectivity index (χ0v) is 13.1. The van der Waals surface area contributed by atoms with Crippen LogP contribution in [0.4, 0.5) is 0 Å². The number of aliphatic hydroxyl groups excluding tert-OH is 1. The molecule has 1 heterocycles. The van der Waals surface area contributed by atoms with E-state index in [0.29, 0.717) is 12.8 Å². The van der Waals surface area contributed by atoms with Gasteiger partial charge in [-0.25, -0.2) is 0 Å². The van der Waals surface area contributed by atoms with Crippen LogP contribution >= 0.6 is 7.82 Å². The molecule has 9 heteroatoms. The number of phosphoric ester groups is 1. The molecule has 6 nitrogen and oxygen atoms in total. The van der Waals surface area contributed by atoms with Crippen LogP contribution in [0.2, 0.25) is 0 Å². The Hall–Kier alpha value is 2.03. The van der Waals surface area contributed by atoms with E-state index in [9.17, 15) is 14.4 Å². The van der Waals surface area contributed by atoms with Crippen molar-refractivity contribution in [3.8, 4) is 0 Å². The van der Waals surface area contributed by atoms with Gasteiger partial charge in [0.1, 0.15) is 0 Å². The van der Waals surface area contributed by atoms with Crippen molar-refractivity contribution in [3.63, 3.8) is 0 Å². The maximum Gasteiger partial charge on any atom is 1.00 e. The van der Waals surface area contributed by atoms with Crippen LogP contribution in [-0.4, -0.2) is 24.1 Å². The third-order valence-corrected chi connectivity index (χ3v) is 1.97. The molecule has 1 aliphatic heterocycles. The normalized spacial score (nSPS) is 26.5. The number of ether oxygens (including phenoxy) is 1. The maximum atomic E-state index is 10.0. The van der Waals surface area contributed by atoms with Crippen molar-refractivity contribution in [1.82, 2.24) is 0 Å². The van der Waals surface area contributed by atoms with Gasteiger partial charge in [0.15, 0.2) is 6.29 Å². The van der Waals surface area contributed by atoms with Gasteiger partial charge in [0.25, 0.3) is 0 Å². The predicted octanol–water partition coefficient (Wildman–Crippen LogP) is -7.66. The molecule has 2 atom stereocenters. The van der Waals surface area contributed by atoms with E-state index >= 15 is 0 Å². The molecule has 0 spiro atoms. The fraction of sp³-hybridized carbons (Fsp3) is 1.00. The first kappa shape index (κ1) is 18.4. The van der Waals surface area contributed by atoms with E-state index < -0.39 is 20.2 Å². The number of hydrogen-bond donors (Lipinski definition) is 1. The van der Waals surface area contributed by atoms with Crippen LogP contribution < -0.4 is 68.9 Å². The third kappa shape index (κ3) is 8.21. The van der Waals surface area contributed by atoms with Crippen molar-refractivity contribution < 1.29 is 87.8 Å². The quantitative estimate of drug-likeness (QED) is 0.389. The molecule has 0 aliphatic carbocycles. The topological polar surface area (TPSA) is 102 Å². The Labute approximate surface area is 126 Å². The minimum atomic E-state index is -4.90. The molecule has 0 radical (unpaired) electrons. The van der Waals surface area contributed by atoms with E-state index in [-0.39, 0.29) is 65.7 Å². The first-order chi connectivity index (χ1) is 5.47. The summed E-state index contributed by atoms with van der Waals surface area (Å²) in [5, 5.41) is 8.83. The number of hydrogen-bond acceptors (Lipinski definition) is 6. The summed E-state index contributed by atoms with van der Waals surface area (Å²) in [6.07, 6.45) is -0.412. The minimum Gasteiger partial charge on any atom is -0.790 e. The Morgan fingerprint density at radius 3 is 2.36 bits per heavy atom. The summed E-state index contributed by atoms with van der Waals surface area (Å²) in [4.78, 5) is 20.0. The van der Waals surface area contributed by atoms with Gasteiger partial charge in [0, 0.05) is 6.42 Å². The predicted molar refractivity (Wildman–Crippen MR) is 33.7 cm³/mol. The molecule has 1 unspecified atom stereocenters. The van der Waals surface area contributed by atoms with E-state index in [2.05, 4.69) is 4.52 Å². The minimum absolute atomic E-state index is 0. The number of aliphatic hydroxyl groups is 1. The Morgan fingerprint density at radius 1 is 1.43 bits per heavy atom. The second-order valence-corrected chi connectivity index (χ2v) is 3.69. The Bertz CT molecular complexity index is 197. The summed E-state index contributed by atoms with van der Waals surface area (Å²) in [6, 6.07) is 0. The van der Waals surface area contributed by atoms with Crippen molar-refractivity contribution in [2.45, 2.75) is 25.2 Å². The van der Waals surface area contributed by atoms with E-state index in [4.69, 9.17) is 9.84 Å². The Balaban J connectivity index is 0. The molecule has 0 bridgehead atoms. The standard InChI is InChI=1S/C5H11O6P.2Na/c6-5-2-1-4(11-5)3-10-12(7,8)9;;/h4-6H,1-3H2,(H2,7,8,9);;/q;2*+1/p-2/t4-,5?;;/m0../s1. The van der Waals surface area contributed by atoms with Crippen molar-refractivity contribution in [1.29, 1.82) is 0 Å². The molecular formula is C5H9Na2O6P. The fourth-order valence-electron chi connectivity index (χ4n) is 0.984. The molecule has 0 amide bonds. The molecule has 0 aromatic heterocycles. The maximum absolute atomic E-state index is 10.0. The zero-order valence-electron chi connectivity index (χ0n) is 8.21. The van der Waals surface area contributed by atoms with Gasteiger partial charge in [0.05, 0.1) is 20.5 Å². The second kappa shape index (κ2) is 8.17. The molecule has 1 aliphatic rings. The van der Waals surface area contributed by atoms with Gasteiger partial charge in [0.2, 0.25) is 0 Å². The molecule has 1 N–H and O–H groups in total. The Morgan fingerprint density at radius 2 is 2.00 bits per heavy atom. The molecule has 72 valence electrons. The fourth-order valence-corrected chi connectivity index (χ4v) is 1.33. The SMILES string of the molecule is O=P([O-])([O-])OC[C@@H]1CCC(O)O1.[Na+].[Na+]. The van der Waals surface area contributed by atoms with Crippen LogP contribution in [0.25, 0.3) is 0 Å². The summed E-state index contributed by atoms with van der Waals surface area (Å²) in [5.74, 6) is 0. The van der Waals surface area contributed by atoms with Crippen molar-refractivity contribution in [3.05, 3.63) is 0 Å². The largest absolute Gasteiger partial charge is 1.00 e. The molecule has 1 rings (SSSR count). The van der Waals surface area contributed by atoms with Crippen molar-refractivity contribution in [2.75, 3.05) is 6.61 Å². The summed E-state index contributed by atoms with van der Waals surface area (Å²) < 4.78 is 18.8. The van der Waals surface area contributed by atoms with Crippen LogP contribution in [0, 0.1) is 0 Å². The van der Waals surface area contributed by atoms with Crippen LogP contribution in [-0.2, 0) is 13.8 Å². The van der Waals surface area contributed by atoms with E-state index in [1.807, 2.05) is 0 Å². The monoisotopic (exact) mass is 242 g/mol. The summed E-state index contributed by atoms with van der Waals surface area (Å²) in [7, 11) is -4.90. The summed E-state index contributed by atoms with van der Waals surface area (Å²) >= 11 is 0. The molecule has 0 aromatic carbocycles. The van der Waals surface area contributed by atoms with Crippen LogP contribution in [0.1, 0.15) is 12.8 Å². The smallest absolute Gasteiger partial charge is 0.790 e. The average molecular weight is 242 g/mol. The number of rotatable bonds is 3. The van der Waals surface area contributed by atoms with Crippen LogP contribution in [0.3, 0.4) is 0 Å². The van der Waals surface area contributed by atoms with Gasteiger partial charge in [-0.05, 0) is 6.42 Å². The van der Waals surface area contributed by atoms with Gasteiger partial charge < -0.3 is 28.7 Å². The van der Waals surface area contributed by atoms with E-state index in [0.717, 1.165) is 0 Å².